The van der Waals surface area contributed by atoms with Gasteiger partial charge in [-0.2, -0.15) is 0 Å². The summed E-state index contributed by atoms with van der Waals surface area (Å²) in [6, 6.07) is 0.655. The van der Waals surface area contributed by atoms with Gasteiger partial charge in [-0.25, -0.2) is 0 Å². The number of nitrogens with one attached hydrogen (secondary N) is 2. The van der Waals surface area contributed by atoms with Crippen LogP contribution in [0, 0.1) is 0 Å². The predicted octanol–water partition coefficient (Wildman–Crippen LogP) is 2.07. The topological polar surface area (TPSA) is 48.9 Å². The molecule has 0 aromatic carbocycles. The minimum absolute atomic E-state index is 0. The third-order valence-electron chi connectivity index (χ3n) is 3.70. The first-order chi connectivity index (χ1) is 9.67. The van der Waals surface area contributed by atoms with E-state index >= 15 is 0 Å². The third kappa shape index (κ3) is 8.83. The van der Waals surface area contributed by atoms with Crippen LogP contribution in [-0.4, -0.2) is 62.8 Å². The maximum absolute atomic E-state index is 5.52. The number of likely N-dealkylation sites (tertiary alicyclic amines) is 1. The fourth-order valence-electron chi connectivity index (χ4n) is 2.58. The molecule has 6 heteroatoms. The minimum atomic E-state index is 0. The van der Waals surface area contributed by atoms with Gasteiger partial charge in [0.1, 0.15) is 0 Å². The smallest absolute Gasteiger partial charge is 0.191 e. The Kier molecular flexibility index (Phi) is 12.4. The Balaban J connectivity index is 0.00000400. The molecule has 1 saturated heterocycles. The maximum Gasteiger partial charge on any atom is 0.191 e. The Morgan fingerprint density at radius 1 is 1.38 bits per heavy atom. The van der Waals surface area contributed by atoms with E-state index in [1.807, 2.05) is 7.05 Å². The van der Waals surface area contributed by atoms with E-state index in [9.17, 15) is 0 Å². The van der Waals surface area contributed by atoms with Crippen molar-refractivity contribution >= 4 is 29.9 Å². The van der Waals surface area contributed by atoms with E-state index in [0.717, 1.165) is 38.6 Å². The Hall–Kier alpha value is -0.0800. The number of hydrogen-bond donors (Lipinski definition) is 2. The van der Waals surface area contributed by atoms with Gasteiger partial charge in [-0.1, -0.05) is 6.92 Å². The molecule has 1 unspecified atom stereocenters. The van der Waals surface area contributed by atoms with Gasteiger partial charge in [0.15, 0.2) is 5.96 Å². The van der Waals surface area contributed by atoms with E-state index in [4.69, 9.17) is 4.74 Å². The Bertz CT molecular complexity index is 287. The molecule has 0 aromatic rings. The molecule has 1 aliphatic heterocycles. The molecule has 5 nitrogen and oxygen atoms in total. The predicted molar refractivity (Wildman–Crippen MR) is 101 cm³/mol. The van der Waals surface area contributed by atoms with Crippen LogP contribution in [0.2, 0.25) is 0 Å². The highest BCUT2D eigenvalue weighted by Gasteiger charge is 2.22. The molecule has 0 amide bonds. The molecular weight excluding hydrogens is 379 g/mol. The lowest BCUT2D eigenvalue weighted by atomic mass is 10.2. The lowest BCUT2D eigenvalue weighted by Crippen LogP contribution is -2.45. The van der Waals surface area contributed by atoms with Crippen molar-refractivity contribution in [3.05, 3.63) is 0 Å². The standard InChI is InChI=1S/C15H32N4O.HI/c1-5-19-10-6-8-14(19)12-18-15(16-4)17-9-7-11-20-13(2)3;/h13-14H,5-12H2,1-4H3,(H2,16,17,18);1H. The summed E-state index contributed by atoms with van der Waals surface area (Å²) < 4.78 is 5.52. The average molecular weight is 412 g/mol. The summed E-state index contributed by atoms with van der Waals surface area (Å²) >= 11 is 0. The summed E-state index contributed by atoms with van der Waals surface area (Å²) in [5.74, 6) is 0.900. The third-order valence-corrected chi connectivity index (χ3v) is 3.70. The van der Waals surface area contributed by atoms with Crippen LogP contribution in [0.15, 0.2) is 4.99 Å². The van der Waals surface area contributed by atoms with Crippen LogP contribution >= 0.6 is 24.0 Å². The second kappa shape index (κ2) is 12.5. The molecule has 126 valence electrons. The Morgan fingerprint density at radius 2 is 2.14 bits per heavy atom. The SMILES string of the molecule is CCN1CCCC1CNC(=NC)NCCCOC(C)C.I. The number of nitrogens with zero attached hydrogens (tertiary/aromatic N) is 2. The summed E-state index contributed by atoms with van der Waals surface area (Å²) in [6.45, 7) is 11.4. The van der Waals surface area contributed by atoms with Gasteiger partial charge < -0.3 is 15.4 Å². The average Bonchev–Trinajstić information content (AvgIpc) is 2.89. The van der Waals surface area contributed by atoms with Crippen LogP contribution in [0.1, 0.15) is 40.0 Å². The Labute approximate surface area is 147 Å². The maximum atomic E-state index is 5.52. The van der Waals surface area contributed by atoms with Gasteiger partial charge in [0.2, 0.25) is 0 Å². The number of ether oxygens (including phenoxy) is 1. The van der Waals surface area contributed by atoms with Crippen molar-refractivity contribution in [2.75, 3.05) is 39.8 Å². The summed E-state index contributed by atoms with van der Waals surface area (Å²) in [7, 11) is 1.83. The summed E-state index contributed by atoms with van der Waals surface area (Å²) in [5.41, 5.74) is 0. The number of aliphatic imine (C=N–C) groups is 1. The van der Waals surface area contributed by atoms with Gasteiger partial charge in [0, 0.05) is 32.8 Å². The summed E-state index contributed by atoms with van der Waals surface area (Å²) in [6.07, 6.45) is 3.93. The molecule has 1 rings (SSSR count). The van der Waals surface area contributed by atoms with Crippen molar-refractivity contribution in [2.45, 2.75) is 52.2 Å². The van der Waals surface area contributed by atoms with Gasteiger partial charge in [-0.05, 0) is 46.2 Å². The van der Waals surface area contributed by atoms with Crippen molar-refractivity contribution in [3.63, 3.8) is 0 Å². The highest BCUT2D eigenvalue weighted by Crippen LogP contribution is 2.15. The highest BCUT2D eigenvalue weighted by molar-refractivity contribution is 14.0. The first-order valence-electron chi connectivity index (χ1n) is 7.97. The van der Waals surface area contributed by atoms with Crippen LogP contribution in [0.5, 0.6) is 0 Å². The van der Waals surface area contributed by atoms with Crippen LogP contribution in [-0.2, 0) is 4.74 Å². The number of guanidine groups is 1. The Morgan fingerprint density at radius 3 is 2.76 bits per heavy atom. The molecule has 0 spiro atoms. The zero-order valence-corrected chi connectivity index (χ0v) is 16.4. The molecule has 0 bridgehead atoms. The second-order valence-corrected chi connectivity index (χ2v) is 5.58. The van der Waals surface area contributed by atoms with Crippen molar-refractivity contribution in [1.29, 1.82) is 0 Å². The lowest BCUT2D eigenvalue weighted by molar-refractivity contribution is 0.0776. The van der Waals surface area contributed by atoms with E-state index in [1.165, 1.54) is 19.4 Å². The number of hydrogen-bond acceptors (Lipinski definition) is 3. The van der Waals surface area contributed by atoms with E-state index in [1.54, 1.807) is 0 Å². The number of halogens is 1. The fraction of sp³-hybridized carbons (Fsp3) is 0.933. The van der Waals surface area contributed by atoms with Gasteiger partial charge in [0.05, 0.1) is 6.10 Å². The summed E-state index contributed by atoms with van der Waals surface area (Å²) in [4.78, 5) is 6.81. The van der Waals surface area contributed by atoms with Crippen LogP contribution in [0.4, 0.5) is 0 Å². The molecule has 0 aliphatic carbocycles. The highest BCUT2D eigenvalue weighted by atomic mass is 127. The van der Waals surface area contributed by atoms with Gasteiger partial charge >= 0.3 is 0 Å². The van der Waals surface area contributed by atoms with Crippen LogP contribution in [0.3, 0.4) is 0 Å². The van der Waals surface area contributed by atoms with E-state index in [0.29, 0.717) is 12.1 Å². The fourth-order valence-corrected chi connectivity index (χ4v) is 2.58. The van der Waals surface area contributed by atoms with Gasteiger partial charge in [-0.3, -0.25) is 9.89 Å². The zero-order valence-electron chi connectivity index (χ0n) is 14.0. The van der Waals surface area contributed by atoms with Crippen molar-refractivity contribution in [1.82, 2.24) is 15.5 Å². The first kappa shape index (κ1) is 20.9. The molecular formula is C15H33IN4O. The zero-order chi connectivity index (χ0) is 14.8. The quantitative estimate of drug-likeness (QED) is 0.277. The van der Waals surface area contributed by atoms with Gasteiger partial charge in [-0.15, -0.1) is 24.0 Å². The molecule has 0 saturated carbocycles. The molecule has 21 heavy (non-hydrogen) atoms. The van der Waals surface area contributed by atoms with E-state index in [2.05, 4.69) is 41.3 Å². The normalized spacial score (nSPS) is 19.7. The number of rotatable bonds is 8. The van der Waals surface area contributed by atoms with Crippen molar-refractivity contribution in [3.8, 4) is 0 Å². The molecule has 2 N–H and O–H groups in total. The van der Waals surface area contributed by atoms with Crippen molar-refractivity contribution in [2.24, 2.45) is 4.99 Å². The minimum Gasteiger partial charge on any atom is -0.379 e. The summed E-state index contributed by atoms with van der Waals surface area (Å²) in [5, 5.41) is 6.77. The van der Waals surface area contributed by atoms with Crippen LogP contribution < -0.4 is 10.6 Å². The van der Waals surface area contributed by atoms with Crippen LogP contribution in [0.25, 0.3) is 0 Å². The molecule has 1 fully saturated rings. The van der Waals surface area contributed by atoms with E-state index in [-0.39, 0.29) is 24.0 Å². The largest absolute Gasteiger partial charge is 0.379 e. The molecule has 0 aromatic heterocycles. The molecule has 0 radical (unpaired) electrons. The monoisotopic (exact) mass is 412 g/mol. The second-order valence-electron chi connectivity index (χ2n) is 5.58. The van der Waals surface area contributed by atoms with E-state index < -0.39 is 0 Å². The molecule has 1 aliphatic rings. The molecule has 1 atom stereocenters. The van der Waals surface area contributed by atoms with Gasteiger partial charge in [0.25, 0.3) is 0 Å². The first-order valence-corrected chi connectivity index (χ1v) is 7.97. The number of likely N-dealkylation sites (N-methyl/N-ethyl adjacent to an activating group) is 1. The molecule has 1 heterocycles. The lowest BCUT2D eigenvalue weighted by Gasteiger charge is -2.24. The van der Waals surface area contributed by atoms with Crippen molar-refractivity contribution < 1.29 is 4.74 Å².